The predicted molar refractivity (Wildman–Crippen MR) is 43.4 cm³/mol. The number of hydrogen-bond donors (Lipinski definition) is 2. The van der Waals surface area contributed by atoms with Crippen molar-refractivity contribution in [2.45, 2.75) is 18.4 Å². The first-order valence-corrected chi connectivity index (χ1v) is 3.82. The smallest absolute Gasteiger partial charge is 0.115 e. The number of phenols is 1. The van der Waals surface area contributed by atoms with Crippen LogP contribution < -0.4 is 5.73 Å². The lowest BCUT2D eigenvalue weighted by molar-refractivity contribution is 0.474. The molecule has 58 valence electrons. The lowest BCUT2D eigenvalue weighted by Gasteiger charge is -1.97. The Morgan fingerprint density at radius 1 is 1.45 bits per heavy atom. The van der Waals surface area contributed by atoms with Crippen molar-refractivity contribution in [3.8, 4) is 5.75 Å². The van der Waals surface area contributed by atoms with Crippen molar-refractivity contribution in [2.75, 3.05) is 0 Å². The van der Waals surface area contributed by atoms with Crippen LogP contribution in [0.3, 0.4) is 0 Å². The molecule has 0 saturated heterocycles. The molecule has 0 spiro atoms. The molecule has 0 unspecified atom stereocenters. The first-order chi connectivity index (χ1) is 5.27. The van der Waals surface area contributed by atoms with Gasteiger partial charge in [0.15, 0.2) is 0 Å². The van der Waals surface area contributed by atoms with Crippen molar-refractivity contribution in [1.82, 2.24) is 0 Å². The first-order valence-electron chi connectivity index (χ1n) is 3.82. The third-order valence-electron chi connectivity index (χ3n) is 2.14. The third-order valence-corrected chi connectivity index (χ3v) is 2.14. The van der Waals surface area contributed by atoms with Gasteiger partial charge < -0.3 is 10.8 Å². The molecular weight excluding hydrogens is 138 g/mol. The average molecular weight is 149 g/mol. The van der Waals surface area contributed by atoms with E-state index in [1.807, 2.05) is 12.1 Å². The van der Waals surface area contributed by atoms with Gasteiger partial charge in [0.25, 0.3) is 0 Å². The molecule has 0 amide bonds. The molecule has 1 fully saturated rings. The summed E-state index contributed by atoms with van der Waals surface area (Å²) in [7, 11) is 0. The molecule has 2 rings (SSSR count). The molecule has 1 saturated carbocycles. The highest BCUT2D eigenvalue weighted by atomic mass is 16.3. The Morgan fingerprint density at radius 2 is 2.18 bits per heavy atom. The molecule has 2 heteroatoms. The highest BCUT2D eigenvalue weighted by Gasteiger charge is 2.34. The van der Waals surface area contributed by atoms with Crippen molar-refractivity contribution in [3.05, 3.63) is 29.8 Å². The van der Waals surface area contributed by atoms with Crippen LogP contribution in [0.5, 0.6) is 5.75 Å². The number of rotatable bonds is 1. The summed E-state index contributed by atoms with van der Waals surface area (Å²) in [6.45, 7) is 0. The largest absolute Gasteiger partial charge is 0.508 e. The van der Waals surface area contributed by atoms with E-state index in [-0.39, 0.29) is 0 Å². The van der Waals surface area contributed by atoms with Crippen LogP contribution in [-0.2, 0) is 0 Å². The van der Waals surface area contributed by atoms with Crippen LogP contribution in [-0.4, -0.2) is 11.1 Å². The van der Waals surface area contributed by atoms with Crippen molar-refractivity contribution < 1.29 is 5.11 Å². The van der Waals surface area contributed by atoms with Crippen LogP contribution >= 0.6 is 0 Å². The number of hydrogen-bond acceptors (Lipinski definition) is 2. The monoisotopic (exact) mass is 149 g/mol. The molecule has 0 aromatic heterocycles. The zero-order valence-corrected chi connectivity index (χ0v) is 6.20. The molecule has 2 nitrogen and oxygen atoms in total. The summed E-state index contributed by atoms with van der Waals surface area (Å²) in [6, 6.07) is 7.65. The van der Waals surface area contributed by atoms with Crippen LogP contribution in [0.1, 0.15) is 17.9 Å². The Labute approximate surface area is 65.7 Å². The van der Waals surface area contributed by atoms with E-state index in [4.69, 9.17) is 10.8 Å². The average Bonchev–Trinajstić information content (AvgIpc) is 2.67. The maximum atomic E-state index is 9.14. The summed E-state index contributed by atoms with van der Waals surface area (Å²) in [6.07, 6.45) is 1.06. The number of benzene rings is 1. The van der Waals surface area contributed by atoms with Crippen molar-refractivity contribution in [1.29, 1.82) is 0 Å². The summed E-state index contributed by atoms with van der Waals surface area (Å²) in [4.78, 5) is 0. The highest BCUT2D eigenvalue weighted by Crippen LogP contribution is 2.39. The number of aromatic hydroxyl groups is 1. The van der Waals surface area contributed by atoms with Gasteiger partial charge >= 0.3 is 0 Å². The maximum absolute atomic E-state index is 9.14. The standard InChI is InChI=1S/C9H11NO/c10-9-5-8(9)6-2-1-3-7(11)4-6/h1-4,8-9,11H,5,10H2/t8-,9+/m1/s1. The van der Waals surface area contributed by atoms with Gasteiger partial charge in [0.1, 0.15) is 5.75 Å². The van der Waals surface area contributed by atoms with Crippen LogP contribution in [0.4, 0.5) is 0 Å². The molecule has 2 atom stereocenters. The fraction of sp³-hybridized carbons (Fsp3) is 0.333. The minimum Gasteiger partial charge on any atom is -0.508 e. The molecule has 1 aliphatic carbocycles. The van der Waals surface area contributed by atoms with Gasteiger partial charge in [-0.2, -0.15) is 0 Å². The zero-order valence-electron chi connectivity index (χ0n) is 6.20. The van der Waals surface area contributed by atoms with E-state index >= 15 is 0 Å². The molecule has 0 radical (unpaired) electrons. The Balaban J connectivity index is 2.25. The van der Waals surface area contributed by atoms with Gasteiger partial charge in [0, 0.05) is 12.0 Å². The quantitative estimate of drug-likeness (QED) is 0.630. The van der Waals surface area contributed by atoms with Crippen molar-refractivity contribution >= 4 is 0 Å². The lowest BCUT2D eigenvalue weighted by atomic mass is 10.1. The Hall–Kier alpha value is -1.02. The minimum absolute atomic E-state index is 0.316. The van der Waals surface area contributed by atoms with Gasteiger partial charge in [-0.25, -0.2) is 0 Å². The molecule has 11 heavy (non-hydrogen) atoms. The number of nitrogens with two attached hydrogens (primary N) is 1. The van der Waals surface area contributed by atoms with Gasteiger partial charge in [-0.1, -0.05) is 12.1 Å². The van der Waals surface area contributed by atoms with E-state index in [1.54, 1.807) is 12.1 Å². The van der Waals surface area contributed by atoms with Crippen molar-refractivity contribution in [3.63, 3.8) is 0 Å². The molecule has 3 N–H and O–H groups in total. The normalized spacial score (nSPS) is 28.5. The second-order valence-corrected chi connectivity index (χ2v) is 3.10. The minimum atomic E-state index is 0.316. The van der Waals surface area contributed by atoms with Gasteiger partial charge in [-0.15, -0.1) is 0 Å². The second kappa shape index (κ2) is 2.24. The molecular formula is C9H11NO. The van der Waals surface area contributed by atoms with Crippen molar-refractivity contribution in [2.24, 2.45) is 5.73 Å². The molecule has 0 heterocycles. The molecule has 0 aliphatic heterocycles. The molecule has 1 aromatic rings. The van der Waals surface area contributed by atoms with E-state index in [2.05, 4.69) is 0 Å². The van der Waals surface area contributed by atoms with Crippen LogP contribution in [0.15, 0.2) is 24.3 Å². The van der Waals surface area contributed by atoms with Crippen LogP contribution in [0.2, 0.25) is 0 Å². The van der Waals surface area contributed by atoms with Crippen LogP contribution in [0, 0.1) is 0 Å². The van der Waals surface area contributed by atoms with E-state index in [1.165, 1.54) is 0 Å². The maximum Gasteiger partial charge on any atom is 0.115 e. The van der Waals surface area contributed by atoms with E-state index in [0.29, 0.717) is 17.7 Å². The van der Waals surface area contributed by atoms with E-state index in [9.17, 15) is 0 Å². The Morgan fingerprint density at radius 3 is 2.73 bits per heavy atom. The second-order valence-electron chi connectivity index (χ2n) is 3.10. The summed E-state index contributed by atoms with van der Waals surface area (Å²) >= 11 is 0. The van der Waals surface area contributed by atoms with Crippen LogP contribution in [0.25, 0.3) is 0 Å². The fourth-order valence-electron chi connectivity index (χ4n) is 1.35. The molecule has 0 bridgehead atoms. The first kappa shape index (κ1) is 6.68. The van der Waals surface area contributed by atoms with Gasteiger partial charge in [-0.3, -0.25) is 0 Å². The highest BCUT2D eigenvalue weighted by molar-refractivity contribution is 5.34. The summed E-state index contributed by atoms with van der Waals surface area (Å²) in [5.41, 5.74) is 6.83. The topological polar surface area (TPSA) is 46.2 Å². The fourth-order valence-corrected chi connectivity index (χ4v) is 1.35. The molecule has 1 aromatic carbocycles. The third kappa shape index (κ3) is 1.21. The van der Waals surface area contributed by atoms with Gasteiger partial charge in [-0.05, 0) is 24.1 Å². The van der Waals surface area contributed by atoms with E-state index < -0.39 is 0 Å². The Bertz CT molecular complexity index is 272. The lowest BCUT2D eigenvalue weighted by Crippen LogP contribution is -2.00. The summed E-state index contributed by atoms with van der Waals surface area (Å²) in [5.74, 6) is 0.823. The molecule has 1 aliphatic rings. The number of phenolic OH excluding ortho intramolecular Hbond substituents is 1. The van der Waals surface area contributed by atoms with Gasteiger partial charge in [0.05, 0.1) is 0 Å². The SMILES string of the molecule is N[C@H]1C[C@@H]1c1cccc(O)c1. The Kier molecular flexibility index (Phi) is 1.36. The predicted octanol–water partition coefficient (Wildman–Crippen LogP) is 1.21. The zero-order chi connectivity index (χ0) is 7.84. The summed E-state index contributed by atoms with van der Waals surface area (Å²) in [5, 5.41) is 9.14. The van der Waals surface area contributed by atoms with E-state index in [0.717, 1.165) is 12.0 Å². The van der Waals surface area contributed by atoms with Gasteiger partial charge in [0.2, 0.25) is 0 Å². The summed E-state index contributed by atoms with van der Waals surface area (Å²) < 4.78 is 0.